The number of carbonyl (C=O) groups excluding carboxylic acids is 1. The molecule has 2 fully saturated rings. The Morgan fingerprint density at radius 1 is 1.18 bits per heavy atom. The summed E-state index contributed by atoms with van der Waals surface area (Å²) >= 11 is 1.37. The summed E-state index contributed by atoms with van der Waals surface area (Å²) in [4.78, 5) is 11.3. The molecular weight excluding hydrogens is 444 g/mol. The first-order chi connectivity index (χ1) is 13.0. The number of halogens is 1. The van der Waals surface area contributed by atoms with Gasteiger partial charge in [-0.05, 0) is 73.1 Å². The van der Waals surface area contributed by atoms with Crippen LogP contribution in [0.3, 0.4) is 0 Å². The Hall–Kier alpha value is -1.77. The van der Waals surface area contributed by atoms with Gasteiger partial charge in [0.25, 0.3) is 0 Å². The predicted octanol–water partition coefficient (Wildman–Crippen LogP) is 3.86. The van der Waals surface area contributed by atoms with E-state index in [1.165, 1.54) is 30.2 Å². The zero-order valence-corrected chi connectivity index (χ0v) is 17.9. The van der Waals surface area contributed by atoms with Crippen LogP contribution in [-0.4, -0.2) is 28.4 Å². The lowest BCUT2D eigenvalue weighted by molar-refractivity contribution is 0.211. The third-order valence-corrected chi connectivity index (χ3v) is 6.50. The standard InChI is InChI=1S/C20H24N2O4S.BrH/c21-20(25)26-19-18(8-12-4-14-1-2-15(5-12)22-14)13(10-27-19)3-11-6-16(23)9-17(24)7-11;/h6-7,9-10,12,14-15,22-24H,1-5,8H2,(H2,21,25);1H. The van der Waals surface area contributed by atoms with Crippen molar-refractivity contribution < 1.29 is 19.7 Å². The van der Waals surface area contributed by atoms with Crippen molar-refractivity contribution in [3.05, 3.63) is 40.3 Å². The summed E-state index contributed by atoms with van der Waals surface area (Å²) in [6.07, 6.45) is 5.35. The van der Waals surface area contributed by atoms with Gasteiger partial charge in [-0.3, -0.25) is 0 Å². The number of thiophene rings is 1. The molecule has 2 unspecified atom stereocenters. The van der Waals surface area contributed by atoms with Crippen LogP contribution in [0, 0.1) is 5.92 Å². The molecule has 28 heavy (non-hydrogen) atoms. The van der Waals surface area contributed by atoms with Gasteiger partial charge in [-0.25, -0.2) is 4.79 Å². The lowest BCUT2D eigenvalue weighted by Crippen LogP contribution is -2.38. The first kappa shape index (κ1) is 21.0. The van der Waals surface area contributed by atoms with Crippen LogP contribution in [0.5, 0.6) is 16.6 Å². The number of amides is 1. The first-order valence-electron chi connectivity index (χ1n) is 9.30. The quantitative estimate of drug-likeness (QED) is 0.533. The van der Waals surface area contributed by atoms with Gasteiger partial charge in [0.2, 0.25) is 0 Å². The van der Waals surface area contributed by atoms with E-state index < -0.39 is 6.09 Å². The number of rotatable bonds is 5. The minimum atomic E-state index is -0.801. The number of hydrogen-bond acceptors (Lipinski definition) is 6. The van der Waals surface area contributed by atoms with Crippen molar-refractivity contribution in [2.24, 2.45) is 11.7 Å². The molecule has 2 bridgehead atoms. The largest absolute Gasteiger partial charge is 0.508 e. The molecule has 152 valence electrons. The van der Waals surface area contributed by atoms with Gasteiger partial charge in [0, 0.05) is 23.7 Å². The Morgan fingerprint density at radius 3 is 2.43 bits per heavy atom. The molecule has 0 aliphatic carbocycles. The van der Waals surface area contributed by atoms with E-state index >= 15 is 0 Å². The van der Waals surface area contributed by atoms with Gasteiger partial charge in [0.05, 0.1) is 0 Å². The van der Waals surface area contributed by atoms with E-state index in [2.05, 4.69) is 5.32 Å². The fourth-order valence-electron chi connectivity index (χ4n) is 4.55. The maximum atomic E-state index is 11.3. The van der Waals surface area contributed by atoms with Crippen LogP contribution in [0.15, 0.2) is 23.6 Å². The third kappa shape index (κ3) is 4.79. The van der Waals surface area contributed by atoms with E-state index in [1.807, 2.05) is 5.38 Å². The van der Waals surface area contributed by atoms with E-state index in [1.54, 1.807) is 12.1 Å². The van der Waals surface area contributed by atoms with E-state index in [4.69, 9.17) is 10.5 Å². The van der Waals surface area contributed by atoms with Gasteiger partial charge in [-0.15, -0.1) is 28.3 Å². The van der Waals surface area contributed by atoms with Crippen molar-refractivity contribution in [3.8, 4) is 16.6 Å². The third-order valence-electron chi connectivity index (χ3n) is 5.56. The summed E-state index contributed by atoms with van der Waals surface area (Å²) in [6, 6.07) is 5.78. The van der Waals surface area contributed by atoms with Gasteiger partial charge in [-0.1, -0.05) is 0 Å². The summed E-state index contributed by atoms with van der Waals surface area (Å²) in [5.41, 5.74) is 8.13. The van der Waals surface area contributed by atoms with Crippen molar-refractivity contribution in [1.82, 2.24) is 5.32 Å². The normalized spacial score (nSPS) is 23.2. The highest BCUT2D eigenvalue weighted by atomic mass is 79.9. The molecule has 4 rings (SSSR count). The van der Waals surface area contributed by atoms with E-state index in [0.717, 1.165) is 36.0 Å². The Morgan fingerprint density at radius 2 is 1.82 bits per heavy atom. The molecule has 2 aliphatic rings. The van der Waals surface area contributed by atoms with Crippen molar-refractivity contribution >= 4 is 34.4 Å². The molecule has 0 radical (unpaired) electrons. The number of hydrogen-bond donors (Lipinski definition) is 4. The number of carbonyl (C=O) groups is 1. The number of phenolic OH excluding ortho intramolecular Hbond substituents is 2. The van der Waals surface area contributed by atoms with Crippen LogP contribution in [0.1, 0.15) is 42.4 Å². The van der Waals surface area contributed by atoms with Crippen molar-refractivity contribution in [1.29, 1.82) is 0 Å². The number of nitrogens with one attached hydrogen (secondary N) is 1. The number of primary amides is 1. The molecule has 2 saturated heterocycles. The Bertz CT molecular complexity index is 824. The maximum Gasteiger partial charge on any atom is 0.410 e. The highest BCUT2D eigenvalue weighted by Gasteiger charge is 2.34. The van der Waals surface area contributed by atoms with Gasteiger partial charge >= 0.3 is 6.09 Å². The lowest BCUT2D eigenvalue weighted by atomic mass is 9.86. The van der Waals surface area contributed by atoms with Gasteiger partial charge in [0.15, 0.2) is 5.06 Å². The Kier molecular flexibility index (Phi) is 6.52. The monoisotopic (exact) mass is 468 g/mol. The topological polar surface area (TPSA) is 105 Å². The molecule has 5 N–H and O–H groups in total. The number of nitrogens with two attached hydrogens (primary N) is 1. The van der Waals surface area contributed by atoms with Crippen molar-refractivity contribution in [3.63, 3.8) is 0 Å². The number of piperidine rings is 1. The fraction of sp³-hybridized carbons (Fsp3) is 0.450. The molecule has 1 aromatic heterocycles. The van der Waals surface area contributed by atoms with E-state index in [-0.39, 0.29) is 28.5 Å². The number of ether oxygens (including phenoxy) is 1. The zero-order valence-electron chi connectivity index (χ0n) is 15.4. The van der Waals surface area contributed by atoms with Crippen LogP contribution in [0.25, 0.3) is 0 Å². The molecule has 2 atom stereocenters. The average Bonchev–Trinajstić information content (AvgIpc) is 3.10. The van der Waals surface area contributed by atoms with Crippen LogP contribution in [0.4, 0.5) is 4.79 Å². The average molecular weight is 469 g/mol. The minimum absolute atomic E-state index is 0. The SMILES string of the molecule is Br.NC(=O)Oc1scc(Cc2cc(O)cc(O)c2)c1CC1CC2CCC(C1)N2. The van der Waals surface area contributed by atoms with Crippen LogP contribution in [-0.2, 0) is 12.8 Å². The van der Waals surface area contributed by atoms with Crippen molar-refractivity contribution in [2.45, 2.75) is 50.6 Å². The summed E-state index contributed by atoms with van der Waals surface area (Å²) in [5.74, 6) is 0.612. The predicted molar refractivity (Wildman–Crippen MR) is 114 cm³/mol. The maximum absolute atomic E-state index is 11.3. The molecule has 2 aromatic rings. The number of aromatic hydroxyl groups is 2. The van der Waals surface area contributed by atoms with Crippen LogP contribution in [0.2, 0.25) is 0 Å². The summed E-state index contributed by atoms with van der Waals surface area (Å²) in [6.45, 7) is 0. The second-order valence-corrected chi connectivity index (χ2v) is 8.50. The summed E-state index contributed by atoms with van der Waals surface area (Å²) < 4.78 is 5.27. The molecule has 0 saturated carbocycles. The molecular formula is C20H25BrN2O4S. The number of fused-ring (bicyclic) bond motifs is 2. The van der Waals surface area contributed by atoms with Crippen LogP contribution >= 0.6 is 28.3 Å². The van der Waals surface area contributed by atoms with Gasteiger partial charge in [-0.2, -0.15) is 0 Å². The molecule has 8 heteroatoms. The summed E-state index contributed by atoms with van der Waals surface area (Å²) in [5, 5.41) is 25.7. The fourth-order valence-corrected chi connectivity index (χ4v) is 5.51. The molecule has 3 heterocycles. The van der Waals surface area contributed by atoms with E-state index in [0.29, 0.717) is 29.5 Å². The number of benzene rings is 1. The highest BCUT2D eigenvalue weighted by molar-refractivity contribution is 8.93. The zero-order chi connectivity index (χ0) is 19.0. The molecule has 2 aliphatic heterocycles. The second kappa shape index (κ2) is 8.71. The minimum Gasteiger partial charge on any atom is -0.508 e. The van der Waals surface area contributed by atoms with Crippen molar-refractivity contribution in [2.75, 3.05) is 0 Å². The van der Waals surface area contributed by atoms with E-state index in [9.17, 15) is 15.0 Å². The second-order valence-electron chi connectivity index (χ2n) is 7.66. The van der Waals surface area contributed by atoms with Crippen LogP contribution < -0.4 is 15.8 Å². The van der Waals surface area contributed by atoms with Gasteiger partial charge in [0.1, 0.15) is 11.5 Å². The van der Waals surface area contributed by atoms with Gasteiger partial charge < -0.3 is 26.0 Å². The molecule has 1 aromatic carbocycles. The smallest absolute Gasteiger partial charge is 0.410 e. The Balaban J connectivity index is 0.00000225. The lowest BCUT2D eigenvalue weighted by Gasteiger charge is -2.29. The Labute approximate surface area is 178 Å². The highest BCUT2D eigenvalue weighted by Crippen LogP contribution is 2.39. The number of phenols is 2. The summed E-state index contributed by atoms with van der Waals surface area (Å²) in [7, 11) is 0. The molecule has 1 amide bonds. The molecule has 6 nitrogen and oxygen atoms in total. The molecule has 0 spiro atoms. The first-order valence-corrected chi connectivity index (χ1v) is 10.2.